The summed E-state index contributed by atoms with van der Waals surface area (Å²) < 4.78 is 42.4. The van der Waals surface area contributed by atoms with Crippen LogP contribution in [0.5, 0.6) is 5.75 Å². The third-order valence-corrected chi connectivity index (χ3v) is 7.08. The van der Waals surface area contributed by atoms with Crippen molar-refractivity contribution in [1.29, 1.82) is 0 Å². The van der Waals surface area contributed by atoms with Crippen LogP contribution < -0.4 is 15.8 Å². The Morgan fingerprint density at radius 3 is 2.68 bits per heavy atom. The number of benzene rings is 1. The number of carbonyl (C=O) groups is 1. The third kappa shape index (κ3) is 5.86. The van der Waals surface area contributed by atoms with Gasteiger partial charge in [0.25, 0.3) is 5.56 Å². The number of aryl methyl sites for hydroxylation is 1. The molecule has 3 heterocycles. The molecule has 2 aliphatic rings. The molecule has 198 valence electrons. The molecule has 37 heavy (non-hydrogen) atoms. The van der Waals surface area contributed by atoms with Crippen molar-refractivity contribution in [2.75, 3.05) is 6.61 Å². The lowest BCUT2D eigenvalue weighted by Gasteiger charge is -2.31. The molecular formula is C25H29N2O9P. The van der Waals surface area contributed by atoms with Gasteiger partial charge in [0.15, 0.2) is 6.23 Å². The number of ether oxygens (including phenoxy) is 2. The van der Waals surface area contributed by atoms with Gasteiger partial charge in [-0.25, -0.2) is 9.36 Å². The van der Waals surface area contributed by atoms with E-state index >= 15 is 0 Å². The van der Waals surface area contributed by atoms with Gasteiger partial charge in [0.05, 0.1) is 13.2 Å². The van der Waals surface area contributed by atoms with E-state index in [0.717, 1.165) is 0 Å². The average molecular weight is 532 g/mol. The van der Waals surface area contributed by atoms with Gasteiger partial charge < -0.3 is 14.0 Å². The second kappa shape index (κ2) is 9.90. The summed E-state index contributed by atoms with van der Waals surface area (Å²) in [5.41, 5.74) is 0.752. The molecule has 11 nitrogen and oxygen atoms in total. The largest absolute Gasteiger partial charge is 0.530 e. The molecule has 0 fully saturated rings. The van der Waals surface area contributed by atoms with E-state index in [0.29, 0.717) is 28.0 Å². The zero-order valence-electron chi connectivity index (χ0n) is 21.2. The fourth-order valence-electron chi connectivity index (χ4n) is 3.89. The first kappa shape index (κ1) is 26.8. The van der Waals surface area contributed by atoms with Crippen LogP contribution in [0, 0.1) is 6.92 Å². The Morgan fingerprint density at radius 2 is 2.00 bits per heavy atom. The SMILES string of the molecule is C=C(OC(C)=O)c1cc2c(c(C(C)(C)C)c1)O[P@](=O)(OC[C@@H]1C=C[C@H](n3cc(C)c(=O)[nH]c3=O)O1)OC2. The molecule has 0 amide bonds. The van der Waals surface area contributed by atoms with Gasteiger partial charge in [-0.1, -0.05) is 33.4 Å². The molecule has 12 heteroatoms. The summed E-state index contributed by atoms with van der Waals surface area (Å²) in [6.07, 6.45) is 3.30. The van der Waals surface area contributed by atoms with Crippen LogP contribution in [0.4, 0.5) is 0 Å². The summed E-state index contributed by atoms with van der Waals surface area (Å²) in [6.45, 7) is 12.3. The molecule has 0 aliphatic carbocycles. The van der Waals surface area contributed by atoms with Crippen LogP contribution >= 0.6 is 7.82 Å². The molecular weight excluding hydrogens is 503 g/mol. The first-order valence-corrected chi connectivity index (χ1v) is 13.0. The van der Waals surface area contributed by atoms with Crippen LogP contribution in [0.1, 0.15) is 56.2 Å². The molecule has 0 saturated heterocycles. The smallest absolute Gasteiger partial charge is 0.427 e. The number of rotatable bonds is 6. The molecule has 2 aliphatic heterocycles. The molecule has 0 unspecified atom stereocenters. The normalized spacial score (nSPS) is 22.8. The molecule has 1 aromatic heterocycles. The minimum absolute atomic E-state index is 0.0626. The Balaban J connectivity index is 1.49. The number of aromatic nitrogens is 2. The highest BCUT2D eigenvalue weighted by atomic mass is 31.2. The Labute approximate surface area is 213 Å². The van der Waals surface area contributed by atoms with E-state index in [-0.39, 0.29) is 19.0 Å². The number of phosphoric ester groups is 1. The highest BCUT2D eigenvalue weighted by Gasteiger charge is 2.39. The Bertz CT molecular complexity index is 1450. The number of esters is 1. The Kier molecular flexibility index (Phi) is 7.18. The number of hydrogen-bond donors (Lipinski definition) is 1. The van der Waals surface area contributed by atoms with Gasteiger partial charge in [0.1, 0.15) is 17.6 Å². The second-order valence-electron chi connectivity index (χ2n) is 9.82. The topological polar surface area (TPSA) is 135 Å². The maximum Gasteiger partial charge on any atom is 0.530 e. The lowest BCUT2D eigenvalue weighted by atomic mass is 9.84. The first-order chi connectivity index (χ1) is 17.3. The molecule has 4 rings (SSSR count). The molecule has 0 bridgehead atoms. The lowest BCUT2D eigenvalue weighted by Crippen LogP contribution is -2.33. The van der Waals surface area contributed by atoms with Crippen LogP contribution in [0.15, 0.2) is 46.6 Å². The number of nitrogens with one attached hydrogen (secondary N) is 1. The summed E-state index contributed by atoms with van der Waals surface area (Å²) >= 11 is 0. The quantitative estimate of drug-likeness (QED) is 0.255. The van der Waals surface area contributed by atoms with E-state index in [9.17, 15) is 18.9 Å². The van der Waals surface area contributed by atoms with Crippen molar-refractivity contribution in [1.82, 2.24) is 9.55 Å². The lowest BCUT2D eigenvalue weighted by molar-refractivity contribution is -0.134. The summed E-state index contributed by atoms with van der Waals surface area (Å²) in [5.74, 6) is 0.0659. The van der Waals surface area contributed by atoms with Crippen LogP contribution in [0.2, 0.25) is 0 Å². The fourth-order valence-corrected chi connectivity index (χ4v) is 5.13. The summed E-state index contributed by atoms with van der Waals surface area (Å²) in [6, 6.07) is 3.48. The predicted octanol–water partition coefficient (Wildman–Crippen LogP) is 3.86. The molecule has 0 saturated carbocycles. The third-order valence-electron chi connectivity index (χ3n) is 5.77. The van der Waals surface area contributed by atoms with Gasteiger partial charge in [-0.15, -0.1) is 0 Å². The van der Waals surface area contributed by atoms with Crippen LogP contribution in [0.3, 0.4) is 0 Å². The van der Waals surface area contributed by atoms with Crippen molar-refractivity contribution in [3.8, 4) is 5.75 Å². The highest BCUT2D eigenvalue weighted by Crippen LogP contribution is 2.57. The van der Waals surface area contributed by atoms with Crippen LogP contribution in [-0.4, -0.2) is 28.2 Å². The minimum atomic E-state index is -4.01. The van der Waals surface area contributed by atoms with E-state index < -0.39 is 42.8 Å². The summed E-state index contributed by atoms with van der Waals surface area (Å²) in [4.78, 5) is 37.4. The van der Waals surface area contributed by atoms with Gasteiger partial charge in [-0.05, 0) is 30.5 Å². The van der Waals surface area contributed by atoms with E-state index in [4.69, 9.17) is 23.0 Å². The molecule has 3 atom stereocenters. The van der Waals surface area contributed by atoms with Crippen molar-refractivity contribution in [2.24, 2.45) is 0 Å². The van der Waals surface area contributed by atoms with E-state index in [1.165, 1.54) is 17.7 Å². The zero-order chi connectivity index (χ0) is 27.1. The average Bonchev–Trinajstić information content (AvgIpc) is 3.27. The van der Waals surface area contributed by atoms with Gasteiger partial charge in [0, 0.05) is 35.4 Å². The van der Waals surface area contributed by atoms with Crippen LogP contribution in [0.25, 0.3) is 5.76 Å². The van der Waals surface area contributed by atoms with E-state index in [2.05, 4.69) is 11.6 Å². The number of fused-ring (bicyclic) bond motifs is 1. The van der Waals surface area contributed by atoms with Gasteiger partial charge in [0.2, 0.25) is 0 Å². The fraction of sp³-hybridized carbons (Fsp3) is 0.400. The Hall–Kier alpha value is -3.24. The first-order valence-electron chi connectivity index (χ1n) is 11.6. The standard InChI is InChI=1S/C25H29N2O9P/c1-14-11-27(24(30)26-23(14)29)21-8-7-19(35-21)13-33-37(31)32-12-18-9-17(15(2)34-16(3)28)10-20(22(18)36-37)25(4,5)6/h7-11,19,21H,2,12-13H2,1,3-6H3,(H,26,29,30)/t19-,21+,37-/m0/s1. The minimum Gasteiger partial charge on any atom is -0.427 e. The molecule has 1 aromatic carbocycles. The number of hydrogen-bond acceptors (Lipinski definition) is 9. The zero-order valence-corrected chi connectivity index (χ0v) is 22.1. The van der Waals surface area contributed by atoms with Crippen molar-refractivity contribution >= 4 is 19.6 Å². The van der Waals surface area contributed by atoms with Crippen molar-refractivity contribution in [3.63, 3.8) is 0 Å². The summed E-state index contributed by atoms with van der Waals surface area (Å²) in [5, 5.41) is 0. The maximum atomic E-state index is 13.4. The summed E-state index contributed by atoms with van der Waals surface area (Å²) in [7, 11) is -4.01. The van der Waals surface area contributed by atoms with E-state index in [1.54, 1.807) is 31.2 Å². The molecule has 2 aromatic rings. The molecule has 0 radical (unpaired) electrons. The second-order valence-corrected chi connectivity index (χ2v) is 11.4. The Morgan fingerprint density at radius 1 is 1.27 bits per heavy atom. The highest BCUT2D eigenvalue weighted by molar-refractivity contribution is 7.49. The number of aromatic amines is 1. The van der Waals surface area contributed by atoms with E-state index in [1.807, 2.05) is 20.8 Å². The monoisotopic (exact) mass is 532 g/mol. The van der Waals surface area contributed by atoms with Gasteiger partial charge in [-0.2, -0.15) is 0 Å². The van der Waals surface area contributed by atoms with Crippen molar-refractivity contribution in [3.05, 3.63) is 80.2 Å². The number of phosphoric acid groups is 1. The maximum absolute atomic E-state index is 13.4. The van der Waals surface area contributed by atoms with Gasteiger partial charge >= 0.3 is 19.5 Å². The molecule has 1 N–H and O–H groups in total. The molecule has 0 spiro atoms. The van der Waals surface area contributed by atoms with Crippen molar-refractivity contribution < 1.29 is 32.4 Å². The van der Waals surface area contributed by atoms with Gasteiger partial charge in [-0.3, -0.25) is 28.2 Å². The number of nitrogens with zero attached hydrogens (tertiary/aromatic N) is 1. The van der Waals surface area contributed by atoms with Crippen molar-refractivity contribution in [2.45, 2.75) is 59.0 Å². The van der Waals surface area contributed by atoms with Crippen LogP contribution in [-0.2, 0) is 39.9 Å². The number of carbonyl (C=O) groups excluding carboxylic acids is 1. The predicted molar refractivity (Wildman–Crippen MR) is 134 cm³/mol. The number of H-pyrrole nitrogens is 1.